The van der Waals surface area contributed by atoms with Gasteiger partial charge in [0.05, 0.1) is 5.69 Å². The van der Waals surface area contributed by atoms with Gasteiger partial charge in [-0.3, -0.25) is 9.88 Å². The van der Waals surface area contributed by atoms with Crippen molar-refractivity contribution in [1.82, 2.24) is 9.88 Å². The summed E-state index contributed by atoms with van der Waals surface area (Å²) >= 11 is 2.04. The normalized spacial score (nSPS) is 21.1. The summed E-state index contributed by atoms with van der Waals surface area (Å²) in [6, 6.07) is 4.49. The predicted molar refractivity (Wildman–Crippen MR) is 65.8 cm³/mol. The van der Waals surface area contributed by atoms with E-state index in [4.69, 9.17) is 5.73 Å². The summed E-state index contributed by atoms with van der Waals surface area (Å²) in [5.41, 5.74) is 7.59. The number of rotatable bonds is 3. The van der Waals surface area contributed by atoms with Gasteiger partial charge in [-0.05, 0) is 31.4 Å². The van der Waals surface area contributed by atoms with Crippen molar-refractivity contribution in [1.29, 1.82) is 0 Å². The van der Waals surface area contributed by atoms with Crippen LogP contribution in [0.4, 0.5) is 5.69 Å². The number of anilines is 1. The highest BCUT2D eigenvalue weighted by Crippen LogP contribution is 2.22. The fourth-order valence-electron chi connectivity index (χ4n) is 1.84. The molecule has 1 unspecified atom stereocenters. The number of pyridine rings is 1. The lowest BCUT2D eigenvalue weighted by atomic mass is 10.2. The minimum atomic E-state index is 0.707. The number of nitrogens with zero attached hydrogens (tertiary/aromatic N) is 2. The van der Waals surface area contributed by atoms with Gasteiger partial charge in [0, 0.05) is 30.2 Å². The Morgan fingerprint density at radius 2 is 2.53 bits per heavy atom. The lowest BCUT2D eigenvalue weighted by Crippen LogP contribution is -2.31. The molecule has 0 radical (unpaired) electrons. The molecule has 0 aromatic carbocycles. The molecule has 0 aliphatic carbocycles. The van der Waals surface area contributed by atoms with Crippen molar-refractivity contribution >= 4 is 17.4 Å². The topological polar surface area (TPSA) is 42.1 Å². The molecule has 0 bridgehead atoms. The maximum absolute atomic E-state index is 5.73. The van der Waals surface area contributed by atoms with Crippen molar-refractivity contribution in [3.8, 4) is 0 Å². The van der Waals surface area contributed by atoms with E-state index in [2.05, 4.69) is 16.9 Å². The van der Waals surface area contributed by atoms with E-state index in [0.29, 0.717) is 6.04 Å². The Bertz CT molecular complexity index is 323. The molecule has 1 aromatic rings. The number of hydrogen-bond acceptors (Lipinski definition) is 4. The molecule has 0 saturated carbocycles. The second kappa shape index (κ2) is 4.86. The number of nitrogens with two attached hydrogens (primary N) is 1. The highest BCUT2D eigenvalue weighted by molar-refractivity contribution is 7.99. The third-order valence-electron chi connectivity index (χ3n) is 2.78. The Balaban J connectivity index is 1.95. The highest BCUT2D eigenvalue weighted by Gasteiger charge is 2.20. The minimum absolute atomic E-state index is 0.707. The average molecular weight is 223 g/mol. The first-order valence-corrected chi connectivity index (χ1v) is 6.39. The van der Waals surface area contributed by atoms with Crippen molar-refractivity contribution < 1.29 is 0 Å². The van der Waals surface area contributed by atoms with Crippen LogP contribution in [0, 0.1) is 0 Å². The van der Waals surface area contributed by atoms with Crippen LogP contribution in [-0.2, 0) is 6.54 Å². The second-order valence-electron chi connectivity index (χ2n) is 4.01. The first-order valence-electron chi connectivity index (χ1n) is 5.24. The van der Waals surface area contributed by atoms with E-state index in [0.717, 1.165) is 17.9 Å². The molecular weight excluding hydrogens is 206 g/mol. The number of aromatic nitrogens is 1. The van der Waals surface area contributed by atoms with Gasteiger partial charge in [0.25, 0.3) is 0 Å². The van der Waals surface area contributed by atoms with Gasteiger partial charge >= 0.3 is 0 Å². The zero-order valence-electron chi connectivity index (χ0n) is 9.02. The van der Waals surface area contributed by atoms with E-state index in [1.165, 1.54) is 17.9 Å². The van der Waals surface area contributed by atoms with E-state index in [9.17, 15) is 0 Å². The molecular formula is C11H17N3S. The Morgan fingerprint density at radius 3 is 3.20 bits per heavy atom. The summed E-state index contributed by atoms with van der Waals surface area (Å²) in [6.07, 6.45) is 3.07. The second-order valence-corrected chi connectivity index (χ2v) is 5.16. The van der Waals surface area contributed by atoms with Gasteiger partial charge in [0.2, 0.25) is 0 Å². The zero-order chi connectivity index (χ0) is 10.7. The third kappa shape index (κ3) is 2.86. The number of thioether (sulfide) groups is 1. The first kappa shape index (κ1) is 10.8. The third-order valence-corrected chi connectivity index (χ3v) is 3.93. The molecule has 2 heterocycles. The first-order chi connectivity index (χ1) is 7.25. The van der Waals surface area contributed by atoms with E-state index < -0.39 is 0 Å². The summed E-state index contributed by atoms with van der Waals surface area (Å²) < 4.78 is 0. The molecule has 1 aliphatic heterocycles. The van der Waals surface area contributed by atoms with Crippen molar-refractivity contribution in [2.75, 3.05) is 24.3 Å². The Labute approximate surface area is 95.1 Å². The van der Waals surface area contributed by atoms with Gasteiger partial charge in [0.1, 0.15) is 0 Å². The molecule has 4 heteroatoms. The molecule has 1 fully saturated rings. The smallest absolute Gasteiger partial charge is 0.0564 e. The molecule has 1 aliphatic rings. The van der Waals surface area contributed by atoms with E-state index in [-0.39, 0.29) is 0 Å². The predicted octanol–water partition coefficient (Wildman–Crippen LogP) is 1.60. The van der Waals surface area contributed by atoms with Crippen LogP contribution in [0.5, 0.6) is 0 Å². The van der Waals surface area contributed by atoms with E-state index in [1.807, 2.05) is 23.9 Å². The molecule has 2 rings (SSSR count). The largest absolute Gasteiger partial charge is 0.399 e. The van der Waals surface area contributed by atoms with Crippen molar-refractivity contribution in [3.05, 3.63) is 24.0 Å². The van der Waals surface area contributed by atoms with Crippen LogP contribution in [-0.4, -0.2) is 34.5 Å². The zero-order valence-corrected chi connectivity index (χ0v) is 9.83. The van der Waals surface area contributed by atoms with Crippen molar-refractivity contribution in [2.24, 2.45) is 0 Å². The fraction of sp³-hybridized carbons (Fsp3) is 0.545. The van der Waals surface area contributed by atoms with E-state index >= 15 is 0 Å². The Hall–Kier alpha value is -0.740. The van der Waals surface area contributed by atoms with Crippen LogP contribution >= 0.6 is 11.8 Å². The number of nitrogen functional groups attached to an aromatic ring is 1. The quantitative estimate of drug-likeness (QED) is 0.845. The monoisotopic (exact) mass is 223 g/mol. The molecule has 2 N–H and O–H groups in total. The fourth-order valence-corrected chi connectivity index (χ4v) is 3.14. The van der Waals surface area contributed by atoms with E-state index in [1.54, 1.807) is 6.20 Å². The summed E-state index contributed by atoms with van der Waals surface area (Å²) in [5, 5.41) is 0. The summed E-state index contributed by atoms with van der Waals surface area (Å²) in [7, 11) is 2.17. The highest BCUT2D eigenvalue weighted by atomic mass is 32.2. The standard InChI is InChI=1S/C11H17N3S/c1-14(11-3-5-15-8-11)7-10-6-9(12)2-4-13-10/h2,4,6,11H,3,5,7-8H2,1H3,(H2,12,13). The molecule has 0 spiro atoms. The lowest BCUT2D eigenvalue weighted by molar-refractivity contribution is 0.251. The van der Waals surface area contributed by atoms with Gasteiger partial charge in [-0.2, -0.15) is 11.8 Å². The SMILES string of the molecule is CN(Cc1cc(N)ccn1)C1CCSC1. The lowest BCUT2D eigenvalue weighted by Gasteiger charge is -2.22. The van der Waals surface area contributed by atoms with Gasteiger partial charge < -0.3 is 5.73 Å². The Kier molecular flexibility index (Phi) is 3.49. The van der Waals surface area contributed by atoms with Crippen LogP contribution in [0.1, 0.15) is 12.1 Å². The summed E-state index contributed by atoms with van der Waals surface area (Å²) in [5.74, 6) is 2.54. The molecule has 15 heavy (non-hydrogen) atoms. The van der Waals surface area contributed by atoms with Crippen molar-refractivity contribution in [2.45, 2.75) is 19.0 Å². The van der Waals surface area contributed by atoms with Crippen LogP contribution in [0.2, 0.25) is 0 Å². The molecule has 1 saturated heterocycles. The van der Waals surface area contributed by atoms with Gasteiger partial charge in [-0.1, -0.05) is 0 Å². The average Bonchev–Trinajstić information content (AvgIpc) is 2.70. The van der Waals surface area contributed by atoms with Crippen LogP contribution < -0.4 is 5.73 Å². The Morgan fingerprint density at radius 1 is 1.67 bits per heavy atom. The van der Waals surface area contributed by atoms with Crippen LogP contribution in [0.3, 0.4) is 0 Å². The summed E-state index contributed by atoms with van der Waals surface area (Å²) in [6.45, 7) is 0.899. The van der Waals surface area contributed by atoms with Gasteiger partial charge in [-0.25, -0.2) is 0 Å². The molecule has 1 atom stereocenters. The maximum atomic E-state index is 5.73. The maximum Gasteiger partial charge on any atom is 0.0564 e. The molecule has 82 valence electrons. The molecule has 3 nitrogen and oxygen atoms in total. The summed E-state index contributed by atoms with van der Waals surface area (Å²) in [4.78, 5) is 6.70. The minimum Gasteiger partial charge on any atom is -0.399 e. The van der Waals surface area contributed by atoms with Crippen molar-refractivity contribution in [3.63, 3.8) is 0 Å². The number of hydrogen-bond donors (Lipinski definition) is 1. The molecule has 1 aromatic heterocycles. The van der Waals surface area contributed by atoms with Gasteiger partial charge in [-0.15, -0.1) is 0 Å². The van der Waals surface area contributed by atoms with Crippen LogP contribution in [0.15, 0.2) is 18.3 Å². The molecule has 0 amide bonds. The van der Waals surface area contributed by atoms with Crippen LogP contribution in [0.25, 0.3) is 0 Å². The van der Waals surface area contributed by atoms with Gasteiger partial charge in [0.15, 0.2) is 0 Å².